The Balaban J connectivity index is 1.97. The highest BCUT2D eigenvalue weighted by molar-refractivity contribution is 6.32. The summed E-state index contributed by atoms with van der Waals surface area (Å²) in [5, 5.41) is 3.49. The van der Waals surface area contributed by atoms with Gasteiger partial charge in [-0.05, 0) is 31.9 Å². The van der Waals surface area contributed by atoms with Crippen molar-refractivity contribution in [3.63, 3.8) is 0 Å². The first-order valence-corrected chi connectivity index (χ1v) is 7.82. The van der Waals surface area contributed by atoms with Crippen LogP contribution in [-0.4, -0.2) is 48.7 Å². The molecule has 0 saturated carbocycles. The molecule has 1 amide bonds. The van der Waals surface area contributed by atoms with E-state index in [1.165, 1.54) is 0 Å². The molecule has 1 aromatic heterocycles. The van der Waals surface area contributed by atoms with Crippen LogP contribution < -0.4 is 10.2 Å². The van der Waals surface area contributed by atoms with Crippen LogP contribution in [-0.2, 0) is 9.53 Å². The largest absolute Gasteiger partial charge is 0.384 e. The molecule has 1 N–H and O–H groups in total. The molecule has 6 nitrogen and oxygen atoms in total. The molecule has 1 saturated heterocycles. The van der Waals surface area contributed by atoms with Gasteiger partial charge < -0.3 is 15.0 Å². The van der Waals surface area contributed by atoms with Gasteiger partial charge in [0.1, 0.15) is 11.0 Å². The van der Waals surface area contributed by atoms with Crippen molar-refractivity contribution in [2.24, 2.45) is 5.41 Å². The van der Waals surface area contributed by atoms with E-state index in [2.05, 4.69) is 15.3 Å². The average Bonchev–Trinajstić information content (AvgIpc) is 2.86. The number of rotatable bonds is 5. The lowest BCUT2D eigenvalue weighted by molar-refractivity contribution is -0.132. The van der Waals surface area contributed by atoms with Gasteiger partial charge in [-0.2, -0.15) is 0 Å². The monoisotopic (exact) mass is 346 g/mol. The first kappa shape index (κ1) is 17.2. The van der Waals surface area contributed by atoms with Crippen LogP contribution in [0, 0.1) is 5.41 Å². The lowest BCUT2D eigenvalue weighted by Gasteiger charge is -2.25. The summed E-state index contributed by atoms with van der Waals surface area (Å²) >= 11 is 11.7. The van der Waals surface area contributed by atoms with E-state index in [-0.39, 0.29) is 17.2 Å². The van der Waals surface area contributed by atoms with Crippen LogP contribution in [0.1, 0.15) is 20.3 Å². The van der Waals surface area contributed by atoms with Crippen LogP contribution in [0.25, 0.3) is 0 Å². The Bertz CT molecular complexity index is 533. The minimum absolute atomic E-state index is 0.0139. The fourth-order valence-electron chi connectivity index (χ4n) is 2.43. The summed E-state index contributed by atoms with van der Waals surface area (Å²) in [6, 6.07) is 1.74. The second kappa shape index (κ2) is 6.98. The second-order valence-corrected chi connectivity index (χ2v) is 6.77. The number of ether oxygens (including phenoxy) is 1. The van der Waals surface area contributed by atoms with Gasteiger partial charge >= 0.3 is 0 Å². The van der Waals surface area contributed by atoms with Gasteiger partial charge in [0.2, 0.25) is 11.2 Å². The van der Waals surface area contributed by atoms with Gasteiger partial charge in [-0.3, -0.25) is 4.79 Å². The summed E-state index contributed by atoms with van der Waals surface area (Å²) in [5.74, 6) is 0.665. The van der Waals surface area contributed by atoms with Gasteiger partial charge in [-0.25, -0.2) is 9.97 Å². The summed E-state index contributed by atoms with van der Waals surface area (Å²) < 4.78 is 5.09. The summed E-state index contributed by atoms with van der Waals surface area (Å²) in [6.45, 7) is 5.55. The molecular weight excluding hydrogens is 327 g/mol. The summed E-state index contributed by atoms with van der Waals surface area (Å²) in [7, 11) is 1.59. The molecule has 0 aliphatic carbocycles. The lowest BCUT2D eigenvalue weighted by Crippen LogP contribution is -2.45. The highest BCUT2D eigenvalue weighted by atomic mass is 35.5. The van der Waals surface area contributed by atoms with Crippen LogP contribution in [0.3, 0.4) is 0 Å². The molecule has 0 bridgehead atoms. The van der Waals surface area contributed by atoms with Crippen LogP contribution in [0.5, 0.6) is 0 Å². The molecule has 0 spiro atoms. The Morgan fingerprint density at radius 2 is 2.23 bits per heavy atom. The maximum atomic E-state index is 12.3. The van der Waals surface area contributed by atoms with Crippen LogP contribution in [0.4, 0.5) is 5.82 Å². The van der Waals surface area contributed by atoms with E-state index in [9.17, 15) is 4.79 Å². The Labute approximate surface area is 140 Å². The molecule has 2 heterocycles. The molecule has 1 unspecified atom stereocenters. The molecule has 1 aliphatic rings. The van der Waals surface area contributed by atoms with Crippen molar-refractivity contribution in [1.29, 1.82) is 0 Å². The number of anilines is 1. The third kappa shape index (κ3) is 4.21. The van der Waals surface area contributed by atoms with Crippen molar-refractivity contribution in [1.82, 2.24) is 15.3 Å². The maximum absolute atomic E-state index is 12.3. The zero-order chi connectivity index (χ0) is 16.3. The topological polar surface area (TPSA) is 67.3 Å². The van der Waals surface area contributed by atoms with Crippen molar-refractivity contribution in [3.8, 4) is 0 Å². The summed E-state index contributed by atoms with van der Waals surface area (Å²) in [5.41, 5.74) is -0.552. The fraction of sp³-hybridized carbons (Fsp3) is 0.643. The zero-order valence-electron chi connectivity index (χ0n) is 12.9. The van der Waals surface area contributed by atoms with Crippen molar-refractivity contribution in [3.05, 3.63) is 16.5 Å². The molecular formula is C14H20Cl2N4O2. The van der Waals surface area contributed by atoms with E-state index in [1.54, 1.807) is 13.2 Å². The van der Waals surface area contributed by atoms with Crippen molar-refractivity contribution < 1.29 is 9.53 Å². The number of methoxy groups -OCH3 is 1. The van der Waals surface area contributed by atoms with Crippen LogP contribution in [0.15, 0.2) is 6.07 Å². The highest BCUT2D eigenvalue weighted by Gasteiger charge is 2.32. The van der Waals surface area contributed by atoms with Gasteiger partial charge in [0.15, 0.2) is 0 Å². The SMILES string of the molecule is COCC(C)(C)C(=O)NC1CCN(c2cc(Cl)nc(Cl)n2)C1. The number of aromatic nitrogens is 2. The highest BCUT2D eigenvalue weighted by Crippen LogP contribution is 2.23. The molecule has 8 heteroatoms. The molecule has 0 radical (unpaired) electrons. The van der Waals surface area contributed by atoms with E-state index in [0.29, 0.717) is 24.1 Å². The standard InChI is InChI=1S/C14H20Cl2N4O2/c1-14(2,8-22-3)12(21)17-9-4-5-20(7-9)11-6-10(15)18-13(16)19-11/h6,9H,4-5,7-8H2,1-3H3,(H,17,21). The molecule has 2 rings (SSSR count). The normalized spacial score (nSPS) is 18.6. The Morgan fingerprint density at radius 3 is 2.86 bits per heavy atom. The molecule has 1 atom stereocenters. The number of carbonyl (C=O) groups excluding carboxylic acids is 1. The van der Waals surface area contributed by atoms with Gasteiger partial charge in [0.05, 0.1) is 12.0 Å². The van der Waals surface area contributed by atoms with Crippen molar-refractivity contribution in [2.45, 2.75) is 26.3 Å². The third-order valence-electron chi connectivity index (χ3n) is 3.62. The van der Waals surface area contributed by atoms with Crippen LogP contribution >= 0.6 is 23.2 Å². The number of carbonyl (C=O) groups is 1. The Hall–Kier alpha value is -1.11. The van der Waals surface area contributed by atoms with Gasteiger partial charge in [0, 0.05) is 32.3 Å². The third-order valence-corrected chi connectivity index (χ3v) is 3.98. The van der Waals surface area contributed by atoms with Gasteiger partial charge in [0.25, 0.3) is 0 Å². The minimum atomic E-state index is -0.552. The molecule has 22 heavy (non-hydrogen) atoms. The minimum Gasteiger partial charge on any atom is -0.384 e. The molecule has 1 aliphatic heterocycles. The second-order valence-electron chi connectivity index (χ2n) is 6.04. The quantitative estimate of drug-likeness (QED) is 0.653. The molecule has 1 aromatic rings. The Morgan fingerprint density at radius 1 is 1.50 bits per heavy atom. The number of amides is 1. The smallest absolute Gasteiger partial charge is 0.228 e. The number of hydrogen-bond donors (Lipinski definition) is 1. The number of halogens is 2. The lowest BCUT2D eigenvalue weighted by atomic mass is 9.93. The number of hydrogen-bond acceptors (Lipinski definition) is 5. The van der Waals surface area contributed by atoms with Crippen molar-refractivity contribution >= 4 is 34.9 Å². The van der Waals surface area contributed by atoms with Crippen molar-refractivity contribution in [2.75, 3.05) is 31.7 Å². The van der Waals surface area contributed by atoms with E-state index in [1.807, 2.05) is 18.7 Å². The predicted molar refractivity (Wildman–Crippen MR) is 86.5 cm³/mol. The fourth-order valence-corrected chi connectivity index (χ4v) is 2.83. The molecule has 1 fully saturated rings. The van der Waals surface area contributed by atoms with Gasteiger partial charge in [-0.1, -0.05) is 11.6 Å². The van der Waals surface area contributed by atoms with E-state index in [0.717, 1.165) is 13.0 Å². The van der Waals surface area contributed by atoms with Gasteiger partial charge in [-0.15, -0.1) is 0 Å². The molecule has 0 aromatic carbocycles. The Kier molecular flexibility index (Phi) is 5.47. The zero-order valence-corrected chi connectivity index (χ0v) is 14.4. The van der Waals surface area contributed by atoms with Crippen LogP contribution in [0.2, 0.25) is 10.4 Å². The summed E-state index contributed by atoms with van der Waals surface area (Å²) in [6.07, 6.45) is 0.841. The first-order chi connectivity index (χ1) is 10.3. The first-order valence-electron chi connectivity index (χ1n) is 7.07. The number of nitrogens with zero attached hydrogens (tertiary/aromatic N) is 3. The average molecular weight is 347 g/mol. The summed E-state index contributed by atoms with van der Waals surface area (Å²) in [4.78, 5) is 22.3. The number of nitrogens with one attached hydrogen (secondary N) is 1. The van der Waals surface area contributed by atoms with E-state index >= 15 is 0 Å². The molecule has 122 valence electrons. The van der Waals surface area contributed by atoms with E-state index < -0.39 is 5.41 Å². The van der Waals surface area contributed by atoms with E-state index in [4.69, 9.17) is 27.9 Å². The maximum Gasteiger partial charge on any atom is 0.228 e. The predicted octanol–water partition coefficient (Wildman–Crippen LogP) is 2.15.